The van der Waals surface area contributed by atoms with E-state index in [1.54, 1.807) is 11.1 Å². The number of aromatic nitrogens is 3. The van der Waals surface area contributed by atoms with Crippen molar-refractivity contribution in [3.05, 3.63) is 24.2 Å². The van der Waals surface area contributed by atoms with Gasteiger partial charge >= 0.3 is 11.8 Å². The van der Waals surface area contributed by atoms with E-state index >= 15 is 0 Å². The van der Waals surface area contributed by atoms with Crippen molar-refractivity contribution in [3.63, 3.8) is 0 Å². The zero-order chi connectivity index (χ0) is 18.6. The second-order valence-electron chi connectivity index (χ2n) is 7.10. The molecule has 2 fully saturated rings. The summed E-state index contributed by atoms with van der Waals surface area (Å²) in [6.07, 6.45) is 5.43. The van der Waals surface area contributed by atoms with E-state index in [2.05, 4.69) is 31.8 Å². The molecule has 0 saturated carbocycles. The van der Waals surface area contributed by atoms with Crippen LogP contribution in [0.3, 0.4) is 0 Å². The molecule has 0 radical (unpaired) electrons. The third-order valence-corrected chi connectivity index (χ3v) is 5.40. The highest BCUT2D eigenvalue weighted by molar-refractivity contribution is 5.90. The molecule has 0 spiro atoms. The van der Waals surface area contributed by atoms with Crippen molar-refractivity contribution in [1.29, 1.82) is 0 Å². The zero-order valence-electron chi connectivity index (χ0n) is 15.8. The van der Waals surface area contributed by atoms with E-state index in [1.165, 1.54) is 19.3 Å². The smallest absolute Gasteiger partial charge is 0.316 e. The summed E-state index contributed by atoms with van der Waals surface area (Å²) in [5.41, 5.74) is 0.823. The number of piperazine rings is 1. The molecule has 0 unspecified atom stereocenters. The molecule has 2 aliphatic rings. The minimum absolute atomic E-state index is 0.0614. The summed E-state index contributed by atoms with van der Waals surface area (Å²) in [5.74, 6) is 1.24. The van der Waals surface area contributed by atoms with Crippen molar-refractivity contribution >= 4 is 11.7 Å². The molecule has 27 heavy (non-hydrogen) atoms. The lowest BCUT2D eigenvalue weighted by Crippen LogP contribution is -2.48. The highest BCUT2D eigenvalue weighted by atomic mass is 16.5. The minimum atomic E-state index is -0.185. The van der Waals surface area contributed by atoms with Crippen LogP contribution in [-0.4, -0.2) is 76.6 Å². The molecule has 1 amide bonds. The van der Waals surface area contributed by atoms with E-state index in [0.29, 0.717) is 18.9 Å². The molecule has 8 nitrogen and oxygen atoms in total. The molecular weight excluding hydrogens is 344 g/mol. The number of hydrogen-bond acceptors (Lipinski definition) is 7. The van der Waals surface area contributed by atoms with Crippen molar-refractivity contribution in [1.82, 2.24) is 24.9 Å². The van der Waals surface area contributed by atoms with Crippen LogP contribution in [0.2, 0.25) is 0 Å². The van der Waals surface area contributed by atoms with Crippen LogP contribution in [-0.2, 0) is 0 Å². The summed E-state index contributed by atoms with van der Waals surface area (Å²) in [4.78, 5) is 27.9. The highest BCUT2D eigenvalue weighted by Gasteiger charge is 2.26. The summed E-state index contributed by atoms with van der Waals surface area (Å²) in [7, 11) is 0. The molecule has 2 aromatic rings. The molecule has 0 bridgehead atoms. The zero-order valence-corrected chi connectivity index (χ0v) is 15.8. The first kappa shape index (κ1) is 17.9. The molecular formula is C19H26N6O2. The Morgan fingerprint density at radius 1 is 1.11 bits per heavy atom. The van der Waals surface area contributed by atoms with Crippen molar-refractivity contribution < 1.29 is 9.32 Å². The average molecular weight is 370 g/mol. The van der Waals surface area contributed by atoms with Gasteiger partial charge in [0.05, 0.1) is 0 Å². The number of amides is 1. The Morgan fingerprint density at radius 3 is 2.63 bits per heavy atom. The third-order valence-electron chi connectivity index (χ3n) is 5.40. The molecule has 0 aromatic carbocycles. The summed E-state index contributed by atoms with van der Waals surface area (Å²) >= 11 is 0. The Hall–Kier alpha value is -2.48. The maximum absolute atomic E-state index is 12.6. The number of carbonyl (C=O) groups is 1. The topological polar surface area (TPSA) is 78.6 Å². The average Bonchev–Trinajstić information content (AvgIpc) is 3.24. The van der Waals surface area contributed by atoms with Gasteiger partial charge in [-0.15, -0.1) is 0 Å². The molecule has 0 atom stereocenters. The predicted molar refractivity (Wildman–Crippen MR) is 102 cm³/mol. The van der Waals surface area contributed by atoms with Gasteiger partial charge in [-0.2, -0.15) is 4.98 Å². The van der Waals surface area contributed by atoms with Crippen LogP contribution >= 0.6 is 0 Å². The first-order valence-corrected chi connectivity index (χ1v) is 9.81. The van der Waals surface area contributed by atoms with Crippen molar-refractivity contribution in [3.8, 4) is 11.4 Å². The van der Waals surface area contributed by atoms with Crippen LogP contribution in [0.4, 0.5) is 5.82 Å². The molecule has 4 rings (SSSR count). The molecule has 2 saturated heterocycles. The molecule has 8 heteroatoms. The number of likely N-dealkylation sites (N-methyl/N-ethyl adjacent to an activating group) is 1. The fourth-order valence-electron chi connectivity index (χ4n) is 3.68. The van der Waals surface area contributed by atoms with Gasteiger partial charge in [-0.3, -0.25) is 4.79 Å². The normalized spacial score (nSPS) is 18.7. The highest BCUT2D eigenvalue weighted by Crippen LogP contribution is 2.23. The summed E-state index contributed by atoms with van der Waals surface area (Å²) in [6, 6.07) is 3.83. The van der Waals surface area contributed by atoms with E-state index in [0.717, 1.165) is 44.1 Å². The van der Waals surface area contributed by atoms with Crippen LogP contribution in [0.15, 0.2) is 22.9 Å². The Bertz CT molecular complexity index is 778. The Morgan fingerprint density at radius 2 is 1.89 bits per heavy atom. The largest absolute Gasteiger partial charge is 0.357 e. The number of anilines is 1. The van der Waals surface area contributed by atoms with E-state index < -0.39 is 0 Å². The number of nitrogens with zero attached hydrogens (tertiary/aromatic N) is 6. The first-order valence-electron chi connectivity index (χ1n) is 9.81. The third kappa shape index (κ3) is 3.95. The van der Waals surface area contributed by atoms with Gasteiger partial charge in [0.1, 0.15) is 5.82 Å². The van der Waals surface area contributed by atoms with Crippen molar-refractivity contribution in [2.45, 2.75) is 26.2 Å². The van der Waals surface area contributed by atoms with Crippen LogP contribution in [0.5, 0.6) is 0 Å². The van der Waals surface area contributed by atoms with Gasteiger partial charge < -0.3 is 19.2 Å². The summed E-state index contributed by atoms with van der Waals surface area (Å²) < 4.78 is 5.27. The molecule has 0 N–H and O–H groups in total. The second kappa shape index (κ2) is 8.04. The quantitative estimate of drug-likeness (QED) is 0.813. The van der Waals surface area contributed by atoms with Gasteiger partial charge in [-0.25, -0.2) is 4.98 Å². The van der Waals surface area contributed by atoms with E-state index in [9.17, 15) is 4.79 Å². The standard InChI is InChI=1S/C19H26N6O2/c1-2-23-10-12-25(13-11-23)19(26)18-21-17(22-27-18)15-6-7-20-16(14-15)24-8-4-3-5-9-24/h6-7,14H,2-5,8-13H2,1H3. The Kier molecular flexibility index (Phi) is 5.33. The van der Waals surface area contributed by atoms with Gasteiger partial charge in [-0.1, -0.05) is 12.1 Å². The Labute approximate surface area is 159 Å². The minimum Gasteiger partial charge on any atom is -0.357 e. The van der Waals surface area contributed by atoms with Crippen LogP contribution in [0.25, 0.3) is 11.4 Å². The molecule has 2 aromatic heterocycles. The van der Waals surface area contributed by atoms with Crippen molar-refractivity contribution in [2.24, 2.45) is 0 Å². The van der Waals surface area contributed by atoms with E-state index in [1.807, 2.05) is 12.1 Å². The summed E-state index contributed by atoms with van der Waals surface area (Å²) in [6.45, 7) is 8.34. The van der Waals surface area contributed by atoms with Crippen molar-refractivity contribution in [2.75, 3.05) is 50.7 Å². The predicted octanol–water partition coefficient (Wildman–Crippen LogP) is 1.90. The van der Waals surface area contributed by atoms with Gasteiger partial charge in [0, 0.05) is 51.0 Å². The van der Waals surface area contributed by atoms with Gasteiger partial charge in [0.25, 0.3) is 0 Å². The maximum atomic E-state index is 12.6. The number of carbonyl (C=O) groups excluding carboxylic acids is 1. The lowest BCUT2D eigenvalue weighted by Gasteiger charge is -2.33. The number of rotatable bonds is 4. The summed E-state index contributed by atoms with van der Waals surface area (Å²) in [5, 5.41) is 4.03. The van der Waals surface area contributed by atoms with Crippen LogP contribution in [0, 0.1) is 0 Å². The molecule has 2 aliphatic heterocycles. The molecule has 0 aliphatic carbocycles. The maximum Gasteiger partial charge on any atom is 0.316 e. The van der Waals surface area contributed by atoms with E-state index in [-0.39, 0.29) is 11.8 Å². The van der Waals surface area contributed by atoms with Gasteiger partial charge in [0.15, 0.2) is 0 Å². The fourth-order valence-corrected chi connectivity index (χ4v) is 3.68. The SMILES string of the molecule is CCN1CCN(C(=O)c2nc(-c3ccnc(N4CCCCC4)c3)no2)CC1. The van der Waals surface area contributed by atoms with Crippen LogP contribution in [0.1, 0.15) is 36.9 Å². The molecule has 4 heterocycles. The fraction of sp³-hybridized carbons (Fsp3) is 0.579. The number of piperidine rings is 1. The van der Waals surface area contributed by atoms with Gasteiger partial charge in [0.2, 0.25) is 5.82 Å². The Balaban J connectivity index is 1.47. The van der Waals surface area contributed by atoms with Gasteiger partial charge in [-0.05, 0) is 37.9 Å². The van der Waals surface area contributed by atoms with Crippen LogP contribution < -0.4 is 4.90 Å². The number of hydrogen-bond donors (Lipinski definition) is 0. The molecule has 144 valence electrons. The lowest BCUT2D eigenvalue weighted by molar-refractivity contribution is 0.0595. The number of pyridine rings is 1. The van der Waals surface area contributed by atoms with E-state index in [4.69, 9.17) is 4.52 Å². The second-order valence-corrected chi connectivity index (χ2v) is 7.10. The lowest BCUT2D eigenvalue weighted by atomic mass is 10.1. The monoisotopic (exact) mass is 370 g/mol. The first-order chi connectivity index (χ1) is 13.2.